The van der Waals surface area contributed by atoms with E-state index in [1.165, 1.54) is 87.4 Å². The molecular formula is C60H48O2S. The van der Waals surface area contributed by atoms with Crippen LogP contribution in [0.15, 0.2) is 121 Å². The highest BCUT2D eigenvalue weighted by Gasteiger charge is 2.19. The Morgan fingerprint density at radius 1 is 0.492 bits per heavy atom. The van der Waals surface area contributed by atoms with Gasteiger partial charge in [0.1, 0.15) is 17.6 Å². The molecule has 0 N–H and O–H groups in total. The number of hydrogen-bond donors (Lipinski definition) is 0. The summed E-state index contributed by atoms with van der Waals surface area (Å²) in [5, 5.41) is 9.20. The van der Waals surface area contributed by atoms with Gasteiger partial charge < -0.3 is 9.47 Å². The quantitative estimate of drug-likeness (QED) is 0.0617. The average Bonchev–Trinajstić information content (AvgIpc) is 3.66. The highest BCUT2D eigenvalue weighted by Crippen LogP contribution is 2.47. The van der Waals surface area contributed by atoms with Crippen molar-refractivity contribution in [1.29, 1.82) is 0 Å². The van der Waals surface area contributed by atoms with Crippen LogP contribution in [0.1, 0.15) is 68.0 Å². The van der Waals surface area contributed by atoms with Crippen LogP contribution in [0.3, 0.4) is 0 Å². The number of fused-ring (bicyclic) bond motifs is 4. The van der Waals surface area contributed by atoms with Crippen molar-refractivity contribution in [3.63, 3.8) is 0 Å². The molecule has 1 aromatic heterocycles. The second-order valence-corrected chi connectivity index (χ2v) is 17.3. The normalized spacial score (nSPS) is 10.5. The van der Waals surface area contributed by atoms with Gasteiger partial charge in [-0.25, -0.2) is 0 Å². The van der Waals surface area contributed by atoms with Crippen molar-refractivity contribution in [3.05, 3.63) is 131 Å². The molecule has 0 aliphatic heterocycles. The number of rotatable bonds is 14. The number of hydrogen-bond acceptors (Lipinski definition) is 3. The van der Waals surface area contributed by atoms with Gasteiger partial charge in [-0.3, -0.25) is 0 Å². The van der Waals surface area contributed by atoms with Crippen LogP contribution in [0.5, 0.6) is 11.5 Å². The van der Waals surface area contributed by atoms with E-state index < -0.39 is 0 Å². The third kappa shape index (κ3) is 10.1. The molecule has 0 aliphatic carbocycles. The van der Waals surface area contributed by atoms with Crippen molar-refractivity contribution in [2.24, 2.45) is 0 Å². The number of unbranched alkanes of at least 4 members (excludes halogenated alkanes) is 7. The van der Waals surface area contributed by atoms with Crippen molar-refractivity contribution in [2.75, 3.05) is 6.61 Å². The molecule has 0 spiro atoms. The van der Waals surface area contributed by atoms with Gasteiger partial charge in [0.2, 0.25) is 0 Å². The van der Waals surface area contributed by atoms with Crippen molar-refractivity contribution >= 4 is 54.4 Å². The maximum absolute atomic E-state index is 6.54. The lowest BCUT2D eigenvalue weighted by atomic mass is 9.85. The molecule has 0 atom stereocenters. The zero-order chi connectivity index (χ0) is 43.4. The third-order valence-corrected chi connectivity index (χ3v) is 12.5. The summed E-state index contributed by atoms with van der Waals surface area (Å²) in [5.41, 5.74) is 7.06. The third-order valence-electron chi connectivity index (χ3n) is 11.5. The van der Waals surface area contributed by atoms with Crippen LogP contribution >= 0.6 is 11.3 Å². The van der Waals surface area contributed by atoms with E-state index in [4.69, 9.17) is 15.9 Å². The maximum atomic E-state index is 6.54. The Balaban J connectivity index is 1.25. The van der Waals surface area contributed by atoms with Crippen LogP contribution in [0.2, 0.25) is 0 Å². The number of terminal acetylenes is 1. The average molecular weight is 833 g/mol. The summed E-state index contributed by atoms with van der Waals surface area (Å²) in [6.07, 6.45) is 18.0. The minimum absolute atomic E-state index is 0.616. The first-order valence-corrected chi connectivity index (χ1v) is 22.7. The number of aryl methyl sites for hydroxylation is 2. The Morgan fingerprint density at radius 2 is 1.03 bits per heavy atom. The van der Waals surface area contributed by atoms with Gasteiger partial charge in [0, 0.05) is 33.4 Å². The van der Waals surface area contributed by atoms with E-state index in [9.17, 15) is 0 Å². The fourth-order valence-corrected chi connectivity index (χ4v) is 9.47. The van der Waals surface area contributed by atoms with Gasteiger partial charge in [-0.15, -0.1) is 17.8 Å². The minimum atomic E-state index is 0.616. The van der Waals surface area contributed by atoms with Gasteiger partial charge in [-0.2, -0.15) is 0 Å². The highest BCUT2D eigenvalue weighted by atomic mass is 32.1. The Hall–Kier alpha value is -7.32. The summed E-state index contributed by atoms with van der Waals surface area (Å²) in [4.78, 5) is 2.66. The fourth-order valence-electron chi connectivity index (χ4n) is 8.52. The van der Waals surface area contributed by atoms with Crippen molar-refractivity contribution in [1.82, 2.24) is 0 Å². The predicted molar refractivity (Wildman–Crippen MR) is 269 cm³/mol. The fraction of sp³-hybridized carbons (Fsp3) is 0.200. The molecule has 0 unspecified atom stereocenters. The molecule has 0 radical (unpaired) electrons. The topological polar surface area (TPSA) is 18.5 Å². The molecule has 1 heterocycles. The van der Waals surface area contributed by atoms with E-state index >= 15 is 0 Å². The summed E-state index contributed by atoms with van der Waals surface area (Å²) < 4.78 is 12.6. The first-order valence-electron chi connectivity index (χ1n) is 21.9. The monoisotopic (exact) mass is 832 g/mol. The van der Waals surface area contributed by atoms with E-state index in [0.29, 0.717) is 12.4 Å². The molecule has 0 saturated carbocycles. The molecule has 0 bridgehead atoms. The van der Waals surface area contributed by atoms with Crippen LogP contribution in [-0.4, -0.2) is 6.61 Å². The SMILES string of the molecule is C#CC#CC#CC#CC#COc1ccc2c(-c3ccc4ccccc4c3)c3cc(OCCCCCCCCCC)ccc3c(-c3ccc4cc(-c5cc(C)sc5C)ccc4c3)c2c1. The van der Waals surface area contributed by atoms with E-state index in [1.807, 2.05) is 17.4 Å². The largest absolute Gasteiger partial charge is 0.494 e. The summed E-state index contributed by atoms with van der Waals surface area (Å²) in [5.74, 6) is 22.1. The Labute approximate surface area is 376 Å². The summed E-state index contributed by atoms with van der Waals surface area (Å²) in [6.45, 7) is 7.35. The standard InChI is InChI=1S/C60H48O2S/c1-5-7-9-11-13-15-17-21-35-61-52-32-34-55-57(41-52)59(50-29-25-45-23-19-20-24-46(45)39-50)54-33-31-53(62-36-22-18-16-14-12-10-8-6-2)42-58(54)60(55)51-30-27-47-38-49(28-26-48(47)40-51)56-37-43(3)63-44(56)4/h2,19-20,23-34,37-42H,5,7,9,11,13,15,17,21,35H2,1,3-4H3. The van der Waals surface area contributed by atoms with E-state index in [-0.39, 0.29) is 0 Å². The summed E-state index contributed by atoms with van der Waals surface area (Å²) in [6, 6.07) is 44.1. The molecule has 0 amide bonds. The smallest absolute Gasteiger partial charge is 0.140 e. The zero-order valence-electron chi connectivity index (χ0n) is 36.2. The Kier molecular flexibility index (Phi) is 13.8. The van der Waals surface area contributed by atoms with Gasteiger partial charge in [0.25, 0.3) is 0 Å². The number of thiophene rings is 1. The molecule has 306 valence electrons. The van der Waals surface area contributed by atoms with Gasteiger partial charge in [0.05, 0.1) is 6.61 Å². The second-order valence-electron chi connectivity index (χ2n) is 15.9. The van der Waals surface area contributed by atoms with Crippen LogP contribution < -0.4 is 9.47 Å². The molecular weight excluding hydrogens is 785 g/mol. The zero-order valence-corrected chi connectivity index (χ0v) is 37.0. The van der Waals surface area contributed by atoms with Crippen LogP contribution in [0.25, 0.3) is 76.5 Å². The molecule has 8 rings (SSSR count). The van der Waals surface area contributed by atoms with Crippen LogP contribution in [-0.2, 0) is 0 Å². The molecule has 0 aliphatic rings. The first-order chi connectivity index (χ1) is 31.0. The van der Waals surface area contributed by atoms with Gasteiger partial charge in [-0.1, -0.05) is 119 Å². The molecule has 63 heavy (non-hydrogen) atoms. The van der Waals surface area contributed by atoms with E-state index in [2.05, 4.69) is 190 Å². The van der Waals surface area contributed by atoms with Gasteiger partial charge >= 0.3 is 0 Å². The Bertz CT molecular complexity index is 3290. The second kappa shape index (κ2) is 20.5. The molecule has 8 aromatic rings. The van der Waals surface area contributed by atoms with Crippen molar-refractivity contribution in [3.8, 4) is 105 Å². The molecule has 2 nitrogen and oxygen atoms in total. The van der Waals surface area contributed by atoms with E-state index in [0.717, 1.165) is 56.0 Å². The van der Waals surface area contributed by atoms with Crippen molar-refractivity contribution < 1.29 is 9.47 Å². The lowest BCUT2D eigenvalue weighted by Crippen LogP contribution is -1.98. The summed E-state index contributed by atoms with van der Waals surface area (Å²) >= 11 is 1.85. The maximum Gasteiger partial charge on any atom is 0.140 e. The van der Waals surface area contributed by atoms with Gasteiger partial charge in [-0.05, 0) is 175 Å². The highest BCUT2D eigenvalue weighted by molar-refractivity contribution is 7.12. The van der Waals surface area contributed by atoms with Crippen molar-refractivity contribution in [2.45, 2.75) is 72.1 Å². The summed E-state index contributed by atoms with van der Waals surface area (Å²) in [7, 11) is 0. The van der Waals surface area contributed by atoms with Crippen LogP contribution in [0, 0.1) is 73.7 Å². The molecule has 0 saturated heterocycles. The molecule has 7 aromatic carbocycles. The number of ether oxygens (including phenoxy) is 2. The first kappa shape index (κ1) is 42.4. The van der Waals surface area contributed by atoms with E-state index in [1.54, 1.807) is 0 Å². The van der Waals surface area contributed by atoms with Gasteiger partial charge in [0.15, 0.2) is 0 Å². The predicted octanol–water partition coefficient (Wildman–Crippen LogP) is 15.5. The minimum Gasteiger partial charge on any atom is -0.494 e. The Morgan fingerprint density at radius 3 is 1.68 bits per heavy atom. The molecule has 3 heteroatoms. The molecule has 0 fully saturated rings. The lowest BCUT2D eigenvalue weighted by molar-refractivity contribution is 0.304. The lowest BCUT2D eigenvalue weighted by Gasteiger charge is -2.20. The number of benzene rings is 7. The van der Waals surface area contributed by atoms with Crippen LogP contribution in [0.4, 0.5) is 0 Å².